The van der Waals surface area contributed by atoms with Gasteiger partial charge in [-0.25, -0.2) is 0 Å². The summed E-state index contributed by atoms with van der Waals surface area (Å²) in [5.41, 5.74) is 0. The normalized spacial score (nSPS) is 21.2. The SMILES string of the molecule is CCC(C(=O)OC1CCCCC1)C(=O)OC1CCCCC1. The minimum atomic E-state index is -0.742. The molecule has 2 aliphatic rings. The summed E-state index contributed by atoms with van der Waals surface area (Å²) in [4.78, 5) is 24.4. The fourth-order valence-electron chi connectivity index (χ4n) is 3.29. The molecule has 120 valence electrons. The largest absolute Gasteiger partial charge is 0.462 e. The molecule has 0 N–H and O–H groups in total. The van der Waals surface area contributed by atoms with Crippen LogP contribution in [0, 0.1) is 5.92 Å². The molecule has 4 heteroatoms. The Morgan fingerprint density at radius 1 is 0.810 bits per heavy atom. The molecule has 0 atom stereocenters. The lowest BCUT2D eigenvalue weighted by molar-refractivity contribution is -0.169. The lowest BCUT2D eigenvalue weighted by atomic mass is 9.97. The van der Waals surface area contributed by atoms with Crippen molar-refractivity contribution in [3.8, 4) is 0 Å². The first-order valence-corrected chi connectivity index (χ1v) is 8.61. The van der Waals surface area contributed by atoms with Crippen molar-refractivity contribution < 1.29 is 19.1 Å². The Morgan fingerprint density at radius 2 is 1.19 bits per heavy atom. The van der Waals surface area contributed by atoms with Crippen LogP contribution in [0.5, 0.6) is 0 Å². The second-order valence-electron chi connectivity index (χ2n) is 6.35. The number of hydrogen-bond acceptors (Lipinski definition) is 4. The predicted molar refractivity (Wildman–Crippen MR) is 79.7 cm³/mol. The summed E-state index contributed by atoms with van der Waals surface area (Å²) < 4.78 is 11.0. The fourth-order valence-corrected chi connectivity index (χ4v) is 3.29. The van der Waals surface area contributed by atoms with Crippen LogP contribution in [0.4, 0.5) is 0 Å². The van der Waals surface area contributed by atoms with E-state index in [1.165, 1.54) is 12.8 Å². The van der Waals surface area contributed by atoms with Gasteiger partial charge in [-0.3, -0.25) is 9.59 Å². The summed E-state index contributed by atoms with van der Waals surface area (Å²) in [7, 11) is 0. The van der Waals surface area contributed by atoms with Crippen LogP contribution in [0.25, 0.3) is 0 Å². The van der Waals surface area contributed by atoms with Crippen molar-refractivity contribution in [2.45, 2.75) is 89.8 Å². The number of hydrogen-bond donors (Lipinski definition) is 0. The molecule has 0 saturated heterocycles. The van der Waals surface area contributed by atoms with Crippen molar-refractivity contribution in [2.75, 3.05) is 0 Å². The molecule has 0 radical (unpaired) electrons. The molecule has 2 rings (SSSR count). The molecule has 2 saturated carbocycles. The van der Waals surface area contributed by atoms with E-state index in [0.717, 1.165) is 51.4 Å². The second kappa shape index (κ2) is 8.40. The molecular formula is C17H28O4. The fraction of sp³-hybridized carbons (Fsp3) is 0.882. The maximum absolute atomic E-state index is 12.2. The Hall–Kier alpha value is -1.06. The first-order valence-electron chi connectivity index (χ1n) is 8.61. The number of ether oxygens (including phenoxy) is 2. The van der Waals surface area contributed by atoms with Crippen molar-refractivity contribution in [3.05, 3.63) is 0 Å². The Bertz CT molecular complexity index is 309. The van der Waals surface area contributed by atoms with Gasteiger partial charge in [-0.05, 0) is 57.8 Å². The molecule has 0 heterocycles. The van der Waals surface area contributed by atoms with E-state index in [2.05, 4.69) is 0 Å². The topological polar surface area (TPSA) is 52.6 Å². The van der Waals surface area contributed by atoms with Crippen LogP contribution in [0.15, 0.2) is 0 Å². The number of carbonyl (C=O) groups is 2. The molecule has 2 fully saturated rings. The van der Waals surface area contributed by atoms with Gasteiger partial charge in [0.2, 0.25) is 0 Å². The van der Waals surface area contributed by atoms with E-state index in [-0.39, 0.29) is 24.1 Å². The minimum absolute atomic E-state index is 0.00257. The number of rotatable bonds is 5. The van der Waals surface area contributed by atoms with E-state index in [1.807, 2.05) is 6.92 Å². The maximum Gasteiger partial charge on any atom is 0.320 e. The van der Waals surface area contributed by atoms with E-state index in [1.54, 1.807) is 0 Å². The van der Waals surface area contributed by atoms with Crippen molar-refractivity contribution in [1.29, 1.82) is 0 Å². The molecule has 21 heavy (non-hydrogen) atoms. The summed E-state index contributed by atoms with van der Waals surface area (Å²) in [5, 5.41) is 0. The molecule has 0 spiro atoms. The lowest BCUT2D eigenvalue weighted by Gasteiger charge is -2.26. The van der Waals surface area contributed by atoms with Crippen LogP contribution >= 0.6 is 0 Å². The van der Waals surface area contributed by atoms with Gasteiger partial charge >= 0.3 is 11.9 Å². The molecule has 0 aromatic rings. The van der Waals surface area contributed by atoms with E-state index in [9.17, 15) is 9.59 Å². The van der Waals surface area contributed by atoms with Crippen molar-refractivity contribution in [1.82, 2.24) is 0 Å². The van der Waals surface area contributed by atoms with E-state index in [0.29, 0.717) is 6.42 Å². The van der Waals surface area contributed by atoms with Gasteiger partial charge in [-0.15, -0.1) is 0 Å². The Labute approximate surface area is 127 Å². The van der Waals surface area contributed by atoms with E-state index < -0.39 is 5.92 Å². The quantitative estimate of drug-likeness (QED) is 0.572. The van der Waals surface area contributed by atoms with Gasteiger partial charge in [-0.2, -0.15) is 0 Å². The van der Waals surface area contributed by atoms with Gasteiger partial charge in [0.25, 0.3) is 0 Å². The highest BCUT2D eigenvalue weighted by molar-refractivity contribution is 5.95. The number of esters is 2. The third-order valence-electron chi connectivity index (χ3n) is 4.65. The second-order valence-corrected chi connectivity index (χ2v) is 6.35. The van der Waals surface area contributed by atoms with E-state index in [4.69, 9.17) is 9.47 Å². The zero-order chi connectivity index (χ0) is 15.1. The highest BCUT2D eigenvalue weighted by Gasteiger charge is 2.32. The summed E-state index contributed by atoms with van der Waals surface area (Å²) in [5.74, 6) is -1.51. The van der Waals surface area contributed by atoms with Crippen LogP contribution in [-0.4, -0.2) is 24.1 Å². The molecule has 0 unspecified atom stereocenters. The summed E-state index contributed by atoms with van der Waals surface area (Å²) in [6.07, 6.45) is 11.1. The van der Waals surface area contributed by atoms with Gasteiger partial charge < -0.3 is 9.47 Å². The highest BCUT2D eigenvalue weighted by atomic mass is 16.6. The van der Waals surface area contributed by atoms with Crippen molar-refractivity contribution in [3.63, 3.8) is 0 Å². The molecule has 0 bridgehead atoms. The summed E-state index contributed by atoms with van der Waals surface area (Å²) >= 11 is 0. The summed E-state index contributed by atoms with van der Waals surface area (Å²) in [6, 6.07) is 0. The van der Waals surface area contributed by atoms with Gasteiger partial charge in [0.05, 0.1) is 0 Å². The average molecular weight is 296 g/mol. The standard InChI is InChI=1S/C17H28O4/c1-2-15(16(18)20-13-9-5-3-6-10-13)17(19)21-14-11-7-4-8-12-14/h13-15H,2-12H2,1H3. The first kappa shape index (κ1) is 16.3. The van der Waals surface area contributed by atoms with Crippen LogP contribution in [0.2, 0.25) is 0 Å². The number of carbonyl (C=O) groups excluding carboxylic acids is 2. The predicted octanol–water partition coefficient (Wildman–Crippen LogP) is 3.76. The minimum Gasteiger partial charge on any atom is -0.462 e. The molecule has 2 aliphatic carbocycles. The zero-order valence-corrected chi connectivity index (χ0v) is 13.1. The maximum atomic E-state index is 12.2. The van der Waals surface area contributed by atoms with Crippen LogP contribution in [0.1, 0.15) is 77.6 Å². The van der Waals surface area contributed by atoms with Gasteiger partial charge in [0.15, 0.2) is 5.92 Å². The molecular weight excluding hydrogens is 268 g/mol. The Morgan fingerprint density at radius 3 is 1.52 bits per heavy atom. The third-order valence-corrected chi connectivity index (χ3v) is 4.65. The molecule has 0 amide bonds. The molecule has 0 aromatic carbocycles. The smallest absolute Gasteiger partial charge is 0.320 e. The Balaban J connectivity index is 1.81. The molecule has 0 aliphatic heterocycles. The van der Waals surface area contributed by atoms with Crippen molar-refractivity contribution in [2.24, 2.45) is 5.92 Å². The Kier molecular flexibility index (Phi) is 6.52. The van der Waals surface area contributed by atoms with Crippen LogP contribution < -0.4 is 0 Å². The zero-order valence-electron chi connectivity index (χ0n) is 13.1. The van der Waals surface area contributed by atoms with Gasteiger partial charge in [-0.1, -0.05) is 19.8 Å². The monoisotopic (exact) mass is 296 g/mol. The molecule has 4 nitrogen and oxygen atoms in total. The van der Waals surface area contributed by atoms with Crippen LogP contribution in [-0.2, 0) is 19.1 Å². The average Bonchev–Trinajstić information content (AvgIpc) is 2.50. The highest BCUT2D eigenvalue weighted by Crippen LogP contribution is 2.24. The van der Waals surface area contributed by atoms with E-state index >= 15 is 0 Å². The third kappa shape index (κ3) is 5.01. The van der Waals surface area contributed by atoms with Gasteiger partial charge in [0.1, 0.15) is 12.2 Å². The van der Waals surface area contributed by atoms with Crippen molar-refractivity contribution >= 4 is 11.9 Å². The molecule has 0 aromatic heterocycles. The lowest BCUT2D eigenvalue weighted by Crippen LogP contribution is -2.33. The summed E-state index contributed by atoms with van der Waals surface area (Å²) in [6.45, 7) is 1.84. The first-order chi connectivity index (χ1) is 10.2. The van der Waals surface area contributed by atoms with Gasteiger partial charge in [0, 0.05) is 0 Å². The van der Waals surface area contributed by atoms with Crippen LogP contribution in [0.3, 0.4) is 0 Å².